The summed E-state index contributed by atoms with van der Waals surface area (Å²) in [5, 5.41) is 0. The predicted molar refractivity (Wildman–Crippen MR) is 98.0 cm³/mol. The summed E-state index contributed by atoms with van der Waals surface area (Å²) in [5.74, 6) is 0.749. The van der Waals surface area contributed by atoms with Crippen LogP contribution in [0.4, 0.5) is 0 Å². The van der Waals surface area contributed by atoms with Gasteiger partial charge in [0.1, 0.15) is 6.04 Å². The van der Waals surface area contributed by atoms with Crippen molar-refractivity contribution < 1.29 is 19.1 Å². The third-order valence-corrected chi connectivity index (χ3v) is 5.53. The Morgan fingerprint density at radius 1 is 1.24 bits per heavy atom. The monoisotopic (exact) mass is 370 g/mol. The molecular formula is C18H30N2O4S. The average Bonchev–Trinajstić information content (AvgIpc) is 3.02. The fraction of sp³-hybridized carbons (Fsp3) is 0.833. The number of thioether (sulfide) groups is 1. The normalized spacial score (nSPS) is 24.3. The number of carbonyl (C=O) groups excluding carboxylic acids is 3. The van der Waals surface area contributed by atoms with Crippen LogP contribution in [-0.4, -0.2) is 65.0 Å². The molecule has 2 rings (SSSR count). The summed E-state index contributed by atoms with van der Waals surface area (Å²) < 4.78 is 5.10. The lowest BCUT2D eigenvalue weighted by molar-refractivity contribution is -0.153. The van der Waals surface area contributed by atoms with Crippen molar-refractivity contribution in [1.82, 2.24) is 9.80 Å². The summed E-state index contributed by atoms with van der Waals surface area (Å²) in [6, 6.07) is -0.402. The first-order chi connectivity index (χ1) is 11.7. The molecule has 2 aliphatic rings. The summed E-state index contributed by atoms with van der Waals surface area (Å²) in [5.41, 5.74) is -0.0991. The molecule has 0 aromatic carbocycles. The Hall–Kier alpha value is -1.24. The van der Waals surface area contributed by atoms with Gasteiger partial charge in [-0.15, -0.1) is 11.8 Å². The molecule has 2 heterocycles. The zero-order valence-electron chi connectivity index (χ0n) is 15.7. The van der Waals surface area contributed by atoms with Crippen LogP contribution in [-0.2, 0) is 19.1 Å². The summed E-state index contributed by atoms with van der Waals surface area (Å²) in [6.45, 7) is 9.28. The van der Waals surface area contributed by atoms with Crippen molar-refractivity contribution in [3.05, 3.63) is 0 Å². The minimum absolute atomic E-state index is 0.0266. The molecule has 0 spiro atoms. The van der Waals surface area contributed by atoms with Crippen LogP contribution in [0.25, 0.3) is 0 Å². The van der Waals surface area contributed by atoms with Gasteiger partial charge in [0, 0.05) is 25.3 Å². The molecule has 2 unspecified atom stereocenters. The largest absolute Gasteiger partial charge is 0.466 e. The summed E-state index contributed by atoms with van der Waals surface area (Å²) in [4.78, 5) is 41.0. The molecule has 142 valence electrons. The number of likely N-dealkylation sites (tertiary alicyclic amines) is 1. The number of carbonyl (C=O) groups is 3. The fourth-order valence-electron chi connectivity index (χ4n) is 3.29. The number of rotatable bonds is 4. The second-order valence-electron chi connectivity index (χ2n) is 7.99. The maximum Gasteiger partial charge on any atom is 0.310 e. The third kappa shape index (κ3) is 5.36. The van der Waals surface area contributed by atoms with E-state index in [1.807, 2.05) is 20.8 Å². The lowest BCUT2D eigenvalue weighted by Crippen LogP contribution is -2.52. The third-order valence-electron chi connectivity index (χ3n) is 4.52. The molecule has 0 N–H and O–H groups in total. The van der Waals surface area contributed by atoms with Crippen molar-refractivity contribution in [3.63, 3.8) is 0 Å². The van der Waals surface area contributed by atoms with E-state index in [0.717, 1.165) is 12.8 Å². The Kier molecular flexibility index (Phi) is 6.77. The van der Waals surface area contributed by atoms with Crippen LogP contribution in [0, 0.1) is 11.3 Å². The van der Waals surface area contributed by atoms with Gasteiger partial charge in [0.2, 0.25) is 11.8 Å². The number of piperidine rings is 1. The molecule has 0 aromatic rings. The molecule has 0 radical (unpaired) electrons. The zero-order chi connectivity index (χ0) is 18.6. The van der Waals surface area contributed by atoms with Crippen LogP contribution < -0.4 is 0 Å². The predicted octanol–water partition coefficient (Wildman–Crippen LogP) is 2.13. The van der Waals surface area contributed by atoms with Gasteiger partial charge in [-0.1, -0.05) is 20.8 Å². The van der Waals surface area contributed by atoms with Crippen molar-refractivity contribution in [2.75, 3.05) is 31.3 Å². The van der Waals surface area contributed by atoms with Crippen LogP contribution in [0.5, 0.6) is 0 Å². The van der Waals surface area contributed by atoms with Crippen molar-refractivity contribution >= 4 is 29.5 Å². The van der Waals surface area contributed by atoms with E-state index < -0.39 is 6.04 Å². The number of hydrogen-bond donors (Lipinski definition) is 0. The quantitative estimate of drug-likeness (QED) is 0.709. The highest BCUT2D eigenvalue weighted by Crippen LogP contribution is 2.28. The highest BCUT2D eigenvalue weighted by atomic mass is 32.2. The Morgan fingerprint density at radius 3 is 2.60 bits per heavy atom. The van der Waals surface area contributed by atoms with Gasteiger partial charge in [0.15, 0.2) is 0 Å². The molecule has 2 atom stereocenters. The van der Waals surface area contributed by atoms with Gasteiger partial charge in [-0.3, -0.25) is 14.4 Å². The van der Waals surface area contributed by atoms with Gasteiger partial charge in [0.25, 0.3) is 0 Å². The first-order valence-corrected chi connectivity index (χ1v) is 10.2. The van der Waals surface area contributed by atoms with Crippen LogP contribution in [0.15, 0.2) is 0 Å². The molecule has 2 saturated heterocycles. The van der Waals surface area contributed by atoms with E-state index in [-0.39, 0.29) is 29.1 Å². The van der Waals surface area contributed by atoms with Gasteiger partial charge in [-0.25, -0.2) is 0 Å². The molecule has 2 amide bonds. The lowest BCUT2D eigenvalue weighted by atomic mass is 9.91. The minimum Gasteiger partial charge on any atom is -0.466 e. The molecule has 6 nitrogen and oxygen atoms in total. The SMILES string of the molecule is CCOC(=O)C1CCCN(C(=O)C2CSCN2C(=O)CC(C)(C)C)C1. The number of nitrogens with zero attached hydrogens (tertiary/aromatic N) is 2. The molecule has 25 heavy (non-hydrogen) atoms. The van der Waals surface area contributed by atoms with Gasteiger partial charge < -0.3 is 14.5 Å². The first kappa shape index (κ1) is 20.1. The Balaban J connectivity index is 2.00. The van der Waals surface area contributed by atoms with Crippen LogP contribution >= 0.6 is 11.8 Å². The Morgan fingerprint density at radius 2 is 1.96 bits per heavy atom. The highest BCUT2D eigenvalue weighted by molar-refractivity contribution is 7.99. The number of esters is 1. The molecule has 0 aromatic heterocycles. The van der Waals surface area contributed by atoms with E-state index in [2.05, 4.69) is 0 Å². The summed E-state index contributed by atoms with van der Waals surface area (Å²) in [6.07, 6.45) is 1.99. The smallest absolute Gasteiger partial charge is 0.310 e. The molecule has 7 heteroatoms. The second-order valence-corrected chi connectivity index (χ2v) is 8.99. The van der Waals surface area contributed by atoms with Gasteiger partial charge in [0.05, 0.1) is 18.4 Å². The Labute approximate surface area is 154 Å². The molecule has 2 aliphatic heterocycles. The first-order valence-electron chi connectivity index (χ1n) is 9.05. The van der Waals surface area contributed by atoms with Crippen LogP contribution in [0.3, 0.4) is 0 Å². The fourth-order valence-corrected chi connectivity index (χ4v) is 4.46. The maximum atomic E-state index is 13.0. The number of amides is 2. The lowest BCUT2D eigenvalue weighted by Gasteiger charge is -2.35. The van der Waals surface area contributed by atoms with Gasteiger partial charge in [-0.05, 0) is 25.2 Å². The highest BCUT2D eigenvalue weighted by Gasteiger charge is 2.40. The average molecular weight is 371 g/mol. The summed E-state index contributed by atoms with van der Waals surface area (Å²) in [7, 11) is 0. The standard InChI is InChI=1S/C18H30N2O4S/c1-5-24-17(23)13-7-6-8-19(10-13)16(22)14-11-25-12-20(14)15(21)9-18(2,3)4/h13-14H,5-12H2,1-4H3. The Bertz CT molecular complexity index is 518. The molecule has 0 bridgehead atoms. The van der Waals surface area contributed by atoms with Crippen molar-refractivity contribution in [2.45, 2.75) is 53.0 Å². The van der Waals surface area contributed by atoms with Crippen molar-refractivity contribution in [1.29, 1.82) is 0 Å². The number of hydrogen-bond acceptors (Lipinski definition) is 5. The van der Waals surface area contributed by atoms with E-state index in [4.69, 9.17) is 4.74 Å². The van der Waals surface area contributed by atoms with Crippen LogP contribution in [0.2, 0.25) is 0 Å². The topological polar surface area (TPSA) is 66.9 Å². The van der Waals surface area contributed by atoms with E-state index >= 15 is 0 Å². The number of ether oxygens (including phenoxy) is 1. The van der Waals surface area contributed by atoms with E-state index in [0.29, 0.717) is 37.7 Å². The zero-order valence-corrected chi connectivity index (χ0v) is 16.6. The maximum absolute atomic E-state index is 13.0. The van der Waals surface area contributed by atoms with Crippen LogP contribution in [0.1, 0.15) is 47.0 Å². The van der Waals surface area contributed by atoms with E-state index in [1.165, 1.54) is 0 Å². The van der Waals surface area contributed by atoms with Gasteiger partial charge >= 0.3 is 5.97 Å². The second kappa shape index (κ2) is 8.43. The molecule has 2 fully saturated rings. The van der Waals surface area contributed by atoms with Gasteiger partial charge in [-0.2, -0.15) is 0 Å². The van der Waals surface area contributed by atoms with Crippen molar-refractivity contribution in [3.8, 4) is 0 Å². The molecular weight excluding hydrogens is 340 g/mol. The van der Waals surface area contributed by atoms with E-state index in [9.17, 15) is 14.4 Å². The van der Waals surface area contributed by atoms with E-state index in [1.54, 1.807) is 28.5 Å². The molecule has 0 saturated carbocycles. The minimum atomic E-state index is -0.402. The molecule has 0 aliphatic carbocycles. The van der Waals surface area contributed by atoms with Crippen molar-refractivity contribution in [2.24, 2.45) is 11.3 Å². The summed E-state index contributed by atoms with van der Waals surface area (Å²) >= 11 is 1.62.